The molecule has 1 aromatic carbocycles. The van der Waals surface area contributed by atoms with E-state index in [1.165, 1.54) is 35.6 Å². The first-order valence-corrected chi connectivity index (χ1v) is 9.58. The zero-order valence-electron chi connectivity index (χ0n) is 13.5. The van der Waals surface area contributed by atoms with Gasteiger partial charge in [-0.05, 0) is 56.0 Å². The van der Waals surface area contributed by atoms with E-state index in [0.29, 0.717) is 0 Å². The molecule has 0 aliphatic heterocycles. The van der Waals surface area contributed by atoms with Crippen molar-refractivity contribution >= 4 is 44.9 Å². The van der Waals surface area contributed by atoms with Crippen LogP contribution in [0.3, 0.4) is 0 Å². The number of thiophene rings is 1. The molecule has 0 unspecified atom stereocenters. The Kier molecular flexibility index (Phi) is 4.02. The van der Waals surface area contributed by atoms with Crippen LogP contribution in [-0.2, 0) is 17.6 Å². The lowest BCUT2D eigenvalue weighted by Crippen LogP contribution is -2.05. The normalized spacial score (nSPS) is 13.2. The van der Waals surface area contributed by atoms with E-state index in [0.717, 1.165) is 32.7 Å². The van der Waals surface area contributed by atoms with Crippen molar-refractivity contribution in [1.29, 1.82) is 0 Å². The fourth-order valence-corrected chi connectivity index (χ4v) is 5.43. The molecule has 4 rings (SSSR count). The summed E-state index contributed by atoms with van der Waals surface area (Å²) in [5.41, 5.74) is 2.26. The summed E-state index contributed by atoms with van der Waals surface area (Å²) >= 11 is 3.49. The predicted octanol–water partition coefficient (Wildman–Crippen LogP) is 4.60. The number of benzene rings is 1. The highest BCUT2D eigenvalue weighted by Gasteiger charge is 2.22. The number of carbonyl (C=O) groups is 1. The Balaban J connectivity index is 1.70. The number of nitrogens with zero attached hydrogens (tertiary/aromatic N) is 2. The Bertz CT molecular complexity index is 932. The van der Waals surface area contributed by atoms with Gasteiger partial charge in [-0.2, -0.15) is 0 Å². The summed E-state index contributed by atoms with van der Waals surface area (Å²) in [7, 11) is 0. The molecule has 1 amide bonds. The van der Waals surface area contributed by atoms with Gasteiger partial charge in [-0.15, -0.1) is 11.3 Å². The van der Waals surface area contributed by atoms with Gasteiger partial charge in [0.25, 0.3) is 0 Å². The minimum atomic E-state index is -0.0580. The predicted molar refractivity (Wildman–Crippen MR) is 99.0 cm³/mol. The number of hydrogen-bond donors (Lipinski definition) is 1. The first-order chi connectivity index (χ1) is 11.6. The van der Waals surface area contributed by atoms with Gasteiger partial charge in [0.15, 0.2) is 0 Å². The van der Waals surface area contributed by atoms with E-state index < -0.39 is 0 Å². The summed E-state index contributed by atoms with van der Waals surface area (Å²) in [6, 6.07) is 7.89. The average Bonchev–Trinajstić information content (AvgIpc) is 3.08. The van der Waals surface area contributed by atoms with E-state index in [1.54, 1.807) is 11.8 Å². The van der Waals surface area contributed by atoms with Crippen LogP contribution in [0, 0.1) is 6.92 Å². The first kappa shape index (κ1) is 15.6. The van der Waals surface area contributed by atoms with Gasteiger partial charge in [0.1, 0.15) is 15.7 Å². The highest BCUT2D eigenvalue weighted by molar-refractivity contribution is 7.99. The fraction of sp³-hybridized carbons (Fsp3) is 0.278. The molecule has 0 atom stereocenters. The van der Waals surface area contributed by atoms with Crippen LogP contribution in [0.5, 0.6) is 0 Å². The summed E-state index contributed by atoms with van der Waals surface area (Å²) in [4.78, 5) is 24.2. The van der Waals surface area contributed by atoms with Crippen molar-refractivity contribution in [3.8, 4) is 0 Å². The zero-order chi connectivity index (χ0) is 16.7. The standard InChI is InChI=1S/C18H17N3OS2/c1-10-19-17(16-14-4-3-5-15(14)24-18(16)20-10)23-13-8-6-12(7-9-13)21-11(2)22/h6-9H,3-5H2,1-2H3,(H,21,22). The van der Waals surface area contributed by atoms with E-state index in [2.05, 4.69) is 10.3 Å². The van der Waals surface area contributed by atoms with Crippen molar-refractivity contribution in [2.45, 2.75) is 43.0 Å². The maximum absolute atomic E-state index is 11.1. The largest absolute Gasteiger partial charge is 0.326 e. The van der Waals surface area contributed by atoms with Crippen LogP contribution in [0.2, 0.25) is 0 Å². The first-order valence-electron chi connectivity index (χ1n) is 7.94. The van der Waals surface area contributed by atoms with E-state index in [1.807, 2.05) is 42.5 Å². The number of carbonyl (C=O) groups excluding carboxylic acids is 1. The highest BCUT2D eigenvalue weighted by Crippen LogP contribution is 2.42. The number of anilines is 1. The smallest absolute Gasteiger partial charge is 0.221 e. The Morgan fingerprint density at radius 2 is 2.00 bits per heavy atom. The molecule has 3 aromatic rings. The molecular weight excluding hydrogens is 338 g/mol. The Morgan fingerprint density at radius 1 is 1.21 bits per heavy atom. The number of aryl methyl sites for hydroxylation is 3. The van der Waals surface area contributed by atoms with Crippen LogP contribution in [0.15, 0.2) is 34.2 Å². The molecule has 6 heteroatoms. The molecular formula is C18H17N3OS2. The van der Waals surface area contributed by atoms with Crippen LogP contribution < -0.4 is 5.32 Å². The number of nitrogens with one attached hydrogen (secondary N) is 1. The number of aromatic nitrogens is 2. The molecule has 1 aliphatic carbocycles. The SMILES string of the molecule is CC(=O)Nc1ccc(Sc2nc(C)nc3sc4c(c23)CCC4)cc1. The Hall–Kier alpha value is -1.92. The van der Waals surface area contributed by atoms with Gasteiger partial charge in [0.05, 0.1) is 0 Å². The summed E-state index contributed by atoms with van der Waals surface area (Å²) < 4.78 is 0. The van der Waals surface area contributed by atoms with E-state index in [9.17, 15) is 4.79 Å². The monoisotopic (exact) mass is 355 g/mol. The second kappa shape index (κ2) is 6.18. The lowest BCUT2D eigenvalue weighted by Gasteiger charge is -2.07. The molecule has 2 heterocycles. The molecule has 2 aromatic heterocycles. The van der Waals surface area contributed by atoms with E-state index in [4.69, 9.17) is 4.98 Å². The Morgan fingerprint density at radius 3 is 2.75 bits per heavy atom. The highest BCUT2D eigenvalue weighted by atomic mass is 32.2. The van der Waals surface area contributed by atoms with Crippen LogP contribution in [0.1, 0.15) is 29.6 Å². The second-order valence-electron chi connectivity index (χ2n) is 5.92. The molecule has 0 spiro atoms. The maximum atomic E-state index is 11.1. The van der Waals surface area contributed by atoms with Gasteiger partial charge in [-0.25, -0.2) is 9.97 Å². The molecule has 1 N–H and O–H groups in total. The van der Waals surface area contributed by atoms with Crippen molar-refractivity contribution in [1.82, 2.24) is 9.97 Å². The van der Waals surface area contributed by atoms with Crippen molar-refractivity contribution in [2.75, 3.05) is 5.32 Å². The minimum absolute atomic E-state index is 0.0580. The zero-order valence-corrected chi connectivity index (χ0v) is 15.2. The number of hydrogen-bond acceptors (Lipinski definition) is 5. The number of amides is 1. The Labute approximate surface area is 148 Å². The van der Waals surface area contributed by atoms with Crippen LogP contribution in [-0.4, -0.2) is 15.9 Å². The molecule has 0 radical (unpaired) electrons. The van der Waals surface area contributed by atoms with E-state index >= 15 is 0 Å². The van der Waals surface area contributed by atoms with Crippen molar-refractivity contribution in [3.05, 3.63) is 40.5 Å². The fourth-order valence-electron chi connectivity index (χ4n) is 3.06. The average molecular weight is 355 g/mol. The lowest BCUT2D eigenvalue weighted by atomic mass is 10.2. The van der Waals surface area contributed by atoms with Gasteiger partial charge in [0, 0.05) is 27.8 Å². The maximum Gasteiger partial charge on any atom is 0.221 e. The van der Waals surface area contributed by atoms with Gasteiger partial charge in [-0.1, -0.05) is 11.8 Å². The molecule has 0 bridgehead atoms. The molecule has 24 heavy (non-hydrogen) atoms. The molecule has 1 aliphatic rings. The molecule has 0 saturated heterocycles. The van der Waals surface area contributed by atoms with Gasteiger partial charge < -0.3 is 5.32 Å². The lowest BCUT2D eigenvalue weighted by molar-refractivity contribution is -0.114. The van der Waals surface area contributed by atoms with E-state index in [-0.39, 0.29) is 5.91 Å². The third-order valence-corrected chi connectivity index (χ3v) is 6.21. The summed E-state index contributed by atoms with van der Waals surface area (Å²) in [5, 5.41) is 5.08. The summed E-state index contributed by atoms with van der Waals surface area (Å²) in [6.45, 7) is 3.47. The van der Waals surface area contributed by atoms with Gasteiger partial charge >= 0.3 is 0 Å². The van der Waals surface area contributed by atoms with Crippen LogP contribution >= 0.6 is 23.1 Å². The van der Waals surface area contributed by atoms with Crippen molar-refractivity contribution < 1.29 is 4.79 Å². The van der Waals surface area contributed by atoms with Gasteiger partial charge in [0.2, 0.25) is 5.91 Å². The number of rotatable bonds is 3. The molecule has 122 valence electrons. The second-order valence-corrected chi connectivity index (χ2v) is 8.07. The third kappa shape index (κ3) is 2.91. The minimum Gasteiger partial charge on any atom is -0.326 e. The van der Waals surface area contributed by atoms with Crippen molar-refractivity contribution in [3.63, 3.8) is 0 Å². The van der Waals surface area contributed by atoms with Crippen LogP contribution in [0.25, 0.3) is 10.2 Å². The molecule has 4 nitrogen and oxygen atoms in total. The number of fused-ring (bicyclic) bond motifs is 3. The quantitative estimate of drug-likeness (QED) is 0.698. The summed E-state index contributed by atoms with van der Waals surface area (Å²) in [6.07, 6.45) is 3.54. The molecule has 0 fully saturated rings. The van der Waals surface area contributed by atoms with Gasteiger partial charge in [-0.3, -0.25) is 4.79 Å². The third-order valence-electron chi connectivity index (χ3n) is 4.03. The van der Waals surface area contributed by atoms with Crippen molar-refractivity contribution in [2.24, 2.45) is 0 Å². The summed E-state index contributed by atoms with van der Waals surface area (Å²) in [5.74, 6) is 0.761. The molecule has 0 saturated carbocycles. The topological polar surface area (TPSA) is 54.9 Å². The van der Waals surface area contributed by atoms with Crippen LogP contribution in [0.4, 0.5) is 5.69 Å².